The monoisotopic (exact) mass is 236 g/mol. The van der Waals surface area contributed by atoms with Crippen LogP contribution in [0.25, 0.3) is 0 Å². The van der Waals surface area contributed by atoms with E-state index in [1.807, 2.05) is 0 Å². The van der Waals surface area contributed by atoms with Crippen molar-refractivity contribution in [2.75, 3.05) is 19.6 Å². The predicted molar refractivity (Wildman–Crippen MR) is 71.9 cm³/mol. The number of hydrogen-bond donors (Lipinski definition) is 1. The van der Waals surface area contributed by atoms with Gasteiger partial charge >= 0.3 is 0 Å². The van der Waals surface area contributed by atoms with E-state index < -0.39 is 0 Å². The molecular formula is C15H28N2. The number of fused-ring (bicyclic) bond motifs is 2. The Hall–Kier alpha value is -0.0800. The third-order valence-corrected chi connectivity index (χ3v) is 5.80. The Labute approximate surface area is 106 Å². The molecule has 1 aliphatic heterocycles. The Morgan fingerprint density at radius 1 is 1.12 bits per heavy atom. The summed E-state index contributed by atoms with van der Waals surface area (Å²) in [6, 6.07) is 0.943. The first-order chi connectivity index (χ1) is 8.31. The van der Waals surface area contributed by atoms with Gasteiger partial charge in [0.05, 0.1) is 0 Å². The molecule has 2 unspecified atom stereocenters. The van der Waals surface area contributed by atoms with Crippen LogP contribution in [-0.2, 0) is 0 Å². The first-order valence-corrected chi connectivity index (χ1v) is 7.75. The zero-order valence-electron chi connectivity index (χ0n) is 11.2. The van der Waals surface area contributed by atoms with Crippen molar-refractivity contribution in [3.05, 3.63) is 0 Å². The van der Waals surface area contributed by atoms with E-state index in [2.05, 4.69) is 4.90 Å². The molecule has 1 heterocycles. The Morgan fingerprint density at radius 3 is 2.53 bits per heavy atom. The highest BCUT2D eigenvalue weighted by Gasteiger charge is 2.39. The average Bonchev–Trinajstić information content (AvgIpc) is 3.00. The van der Waals surface area contributed by atoms with Gasteiger partial charge in [-0.1, -0.05) is 19.3 Å². The molecule has 2 saturated carbocycles. The molecule has 2 atom stereocenters. The highest BCUT2D eigenvalue weighted by molar-refractivity contribution is 4.93. The number of nitrogens with zero attached hydrogens (tertiary/aromatic N) is 1. The average molecular weight is 236 g/mol. The Morgan fingerprint density at radius 2 is 1.94 bits per heavy atom. The van der Waals surface area contributed by atoms with E-state index in [0.29, 0.717) is 5.41 Å². The van der Waals surface area contributed by atoms with Crippen molar-refractivity contribution < 1.29 is 0 Å². The largest absolute Gasteiger partial charge is 0.330 e. The van der Waals surface area contributed by atoms with Crippen LogP contribution in [0.15, 0.2) is 0 Å². The topological polar surface area (TPSA) is 29.3 Å². The molecule has 2 bridgehead atoms. The van der Waals surface area contributed by atoms with Gasteiger partial charge < -0.3 is 10.6 Å². The fourth-order valence-corrected chi connectivity index (χ4v) is 4.54. The predicted octanol–water partition coefficient (Wildman–Crippen LogP) is 2.77. The van der Waals surface area contributed by atoms with Crippen LogP contribution < -0.4 is 5.73 Å². The minimum absolute atomic E-state index is 0.514. The van der Waals surface area contributed by atoms with Gasteiger partial charge in [-0.3, -0.25) is 0 Å². The second kappa shape index (κ2) is 4.89. The molecule has 0 amide bonds. The quantitative estimate of drug-likeness (QED) is 0.813. The number of rotatable bonds is 4. The molecule has 2 heteroatoms. The van der Waals surface area contributed by atoms with Crippen LogP contribution in [0.3, 0.4) is 0 Å². The summed E-state index contributed by atoms with van der Waals surface area (Å²) >= 11 is 0. The first-order valence-electron chi connectivity index (χ1n) is 7.75. The summed E-state index contributed by atoms with van der Waals surface area (Å²) in [6.45, 7) is 3.65. The molecule has 0 radical (unpaired) electrons. The zero-order chi connectivity index (χ0) is 11.7. The fraction of sp³-hybridized carbons (Fsp3) is 1.00. The standard InChI is InChI=1S/C15H28N2/c16-12-15(6-2-1-3-7-15)8-9-17-11-13-4-5-14(17)10-13/h13-14H,1-12,16H2. The van der Waals surface area contributed by atoms with Crippen LogP contribution >= 0.6 is 0 Å². The second-order valence-corrected chi connectivity index (χ2v) is 6.84. The van der Waals surface area contributed by atoms with Crippen molar-refractivity contribution >= 4 is 0 Å². The zero-order valence-corrected chi connectivity index (χ0v) is 11.2. The summed E-state index contributed by atoms with van der Waals surface area (Å²) in [5.41, 5.74) is 6.59. The third-order valence-electron chi connectivity index (χ3n) is 5.80. The number of likely N-dealkylation sites (tertiary alicyclic amines) is 1. The maximum atomic E-state index is 6.08. The van der Waals surface area contributed by atoms with Gasteiger partial charge in [-0.2, -0.15) is 0 Å². The van der Waals surface area contributed by atoms with Gasteiger partial charge in [0, 0.05) is 12.6 Å². The van der Waals surface area contributed by atoms with Crippen LogP contribution in [0, 0.1) is 11.3 Å². The Kier molecular flexibility index (Phi) is 3.45. The lowest BCUT2D eigenvalue weighted by Gasteiger charge is -2.38. The van der Waals surface area contributed by atoms with Crippen molar-refractivity contribution in [3.8, 4) is 0 Å². The molecule has 3 fully saturated rings. The van der Waals surface area contributed by atoms with Gasteiger partial charge in [-0.25, -0.2) is 0 Å². The molecule has 0 spiro atoms. The van der Waals surface area contributed by atoms with Crippen LogP contribution in [0.2, 0.25) is 0 Å². The van der Waals surface area contributed by atoms with Crippen molar-refractivity contribution in [1.29, 1.82) is 0 Å². The summed E-state index contributed by atoms with van der Waals surface area (Å²) < 4.78 is 0. The molecule has 98 valence electrons. The van der Waals surface area contributed by atoms with Crippen LogP contribution in [0.4, 0.5) is 0 Å². The van der Waals surface area contributed by atoms with Crippen LogP contribution in [0.5, 0.6) is 0 Å². The van der Waals surface area contributed by atoms with E-state index >= 15 is 0 Å². The molecular weight excluding hydrogens is 208 g/mol. The van der Waals surface area contributed by atoms with E-state index in [1.165, 1.54) is 70.9 Å². The van der Waals surface area contributed by atoms with Crippen molar-refractivity contribution in [1.82, 2.24) is 4.90 Å². The molecule has 3 aliphatic rings. The van der Waals surface area contributed by atoms with Crippen molar-refractivity contribution in [2.45, 2.75) is 63.8 Å². The van der Waals surface area contributed by atoms with Crippen LogP contribution in [-0.4, -0.2) is 30.6 Å². The minimum Gasteiger partial charge on any atom is -0.330 e. The molecule has 1 saturated heterocycles. The Balaban J connectivity index is 1.52. The molecule has 2 aliphatic carbocycles. The second-order valence-electron chi connectivity index (χ2n) is 6.84. The summed E-state index contributed by atoms with van der Waals surface area (Å²) in [5.74, 6) is 1.04. The molecule has 2 N–H and O–H groups in total. The SMILES string of the molecule is NCC1(CCN2CC3CCC2C3)CCCCC1. The maximum Gasteiger partial charge on any atom is 0.00986 e. The lowest BCUT2D eigenvalue weighted by atomic mass is 9.72. The first kappa shape index (κ1) is 12.0. The smallest absolute Gasteiger partial charge is 0.00986 e. The van der Waals surface area contributed by atoms with E-state index in [0.717, 1.165) is 18.5 Å². The van der Waals surface area contributed by atoms with Gasteiger partial charge in [0.15, 0.2) is 0 Å². The van der Waals surface area contributed by atoms with Gasteiger partial charge in [-0.15, -0.1) is 0 Å². The molecule has 0 aromatic rings. The summed E-state index contributed by atoms with van der Waals surface area (Å²) in [7, 11) is 0. The summed E-state index contributed by atoms with van der Waals surface area (Å²) in [6.07, 6.45) is 12.9. The normalized spacial score (nSPS) is 36.5. The van der Waals surface area contributed by atoms with Crippen molar-refractivity contribution in [2.24, 2.45) is 17.1 Å². The maximum absolute atomic E-state index is 6.08. The van der Waals surface area contributed by atoms with Gasteiger partial charge in [-0.05, 0) is 62.9 Å². The third kappa shape index (κ3) is 2.39. The van der Waals surface area contributed by atoms with E-state index in [9.17, 15) is 0 Å². The molecule has 2 nitrogen and oxygen atoms in total. The molecule has 17 heavy (non-hydrogen) atoms. The van der Waals surface area contributed by atoms with E-state index in [1.54, 1.807) is 0 Å². The highest BCUT2D eigenvalue weighted by Crippen LogP contribution is 2.41. The van der Waals surface area contributed by atoms with E-state index in [4.69, 9.17) is 5.73 Å². The lowest BCUT2D eigenvalue weighted by Crippen LogP contribution is -2.39. The van der Waals surface area contributed by atoms with Crippen LogP contribution in [0.1, 0.15) is 57.8 Å². The van der Waals surface area contributed by atoms with Gasteiger partial charge in [0.25, 0.3) is 0 Å². The molecule has 3 rings (SSSR count). The van der Waals surface area contributed by atoms with Crippen molar-refractivity contribution in [3.63, 3.8) is 0 Å². The minimum atomic E-state index is 0.514. The molecule has 0 aromatic heterocycles. The number of hydrogen-bond acceptors (Lipinski definition) is 2. The van der Waals surface area contributed by atoms with Gasteiger partial charge in [0.1, 0.15) is 0 Å². The summed E-state index contributed by atoms with van der Waals surface area (Å²) in [4.78, 5) is 2.78. The number of nitrogens with two attached hydrogens (primary N) is 1. The highest BCUT2D eigenvalue weighted by atomic mass is 15.2. The van der Waals surface area contributed by atoms with Gasteiger partial charge in [0.2, 0.25) is 0 Å². The van der Waals surface area contributed by atoms with E-state index in [-0.39, 0.29) is 0 Å². The Bertz CT molecular complexity index is 258. The lowest BCUT2D eigenvalue weighted by molar-refractivity contribution is 0.130. The summed E-state index contributed by atoms with van der Waals surface area (Å²) in [5, 5.41) is 0. The number of piperidine rings is 1. The molecule has 0 aromatic carbocycles. The fourth-order valence-electron chi connectivity index (χ4n) is 4.54.